The van der Waals surface area contributed by atoms with Gasteiger partial charge in [-0.15, -0.1) is 0 Å². The number of halogens is 1. The molecule has 0 bridgehead atoms. The van der Waals surface area contributed by atoms with E-state index < -0.39 is 0 Å². The third-order valence-electron chi connectivity index (χ3n) is 2.95. The predicted molar refractivity (Wildman–Crippen MR) is 65.0 cm³/mol. The van der Waals surface area contributed by atoms with Crippen molar-refractivity contribution in [1.29, 1.82) is 0 Å². The van der Waals surface area contributed by atoms with Gasteiger partial charge in [-0.1, -0.05) is 17.3 Å². The second kappa shape index (κ2) is 5.79. The van der Waals surface area contributed by atoms with Gasteiger partial charge in [0.05, 0.1) is 13.2 Å². The van der Waals surface area contributed by atoms with Crippen molar-refractivity contribution in [2.75, 3.05) is 26.3 Å². The van der Waals surface area contributed by atoms with E-state index in [1.54, 1.807) is 12.1 Å². The molecular weight excluding hydrogens is 237 g/mol. The molecule has 18 heavy (non-hydrogen) atoms. The minimum absolute atomic E-state index is 0.0909. The average molecular weight is 253 g/mol. The van der Waals surface area contributed by atoms with E-state index in [4.69, 9.17) is 15.7 Å². The van der Waals surface area contributed by atoms with Crippen LogP contribution in [0.2, 0.25) is 0 Å². The van der Waals surface area contributed by atoms with Crippen molar-refractivity contribution < 1.29 is 14.3 Å². The quantitative estimate of drug-likeness (QED) is 0.361. The second-order valence-corrected chi connectivity index (χ2v) is 4.18. The number of hydrogen-bond acceptors (Lipinski definition) is 4. The summed E-state index contributed by atoms with van der Waals surface area (Å²) in [6.07, 6.45) is 0. The van der Waals surface area contributed by atoms with Crippen LogP contribution < -0.4 is 5.73 Å². The Labute approximate surface area is 105 Å². The van der Waals surface area contributed by atoms with E-state index in [2.05, 4.69) is 10.1 Å². The van der Waals surface area contributed by atoms with Crippen LogP contribution in [0.25, 0.3) is 0 Å². The van der Waals surface area contributed by atoms with Crippen LogP contribution in [0.3, 0.4) is 0 Å². The van der Waals surface area contributed by atoms with Gasteiger partial charge < -0.3 is 15.7 Å². The molecule has 6 heteroatoms. The Morgan fingerprint density at radius 3 is 2.78 bits per heavy atom. The normalized spacial score (nSPS) is 17.9. The summed E-state index contributed by atoms with van der Waals surface area (Å²) in [5.41, 5.74) is 6.38. The predicted octanol–water partition coefficient (Wildman–Crippen LogP) is 0.752. The van der Waals surface area contributed by atoms with Crippen molar-refractivity contribution in [1.82, 2.24) is 4.90 Å². The Balaban J connectivity index is 2.09. The molecule has 0 aliphatic carbocycles. The first kappa shape index (κ1) is 12.8. The number of benzene rings is 1. The largest absolute Gasteiger partial charge is 0.409 e. The molecule has 0 saturated carbocycles. The van der Waals surface area contributed by atoms with Crippen LogP contribution in [0.15, 0.2) is 23.4 Å². The summed E-state index contributed by atoms with van der Waals surface area (Å²) in [5.74, 6) is -0.433. The van der Waals surface area contributed by atoms with Crippen LogP contribution in [0.4, 0.5) is 4.39 Å². The van der Waals surface area contributed by atoms with Gasteiger partial charge in [0.2, 0.25) is 0 Å². The highest BCUT2D eigenvalue weighted by Gasteiger charge is 2.13. The lowest BCUT2D eigenvalue weighted by Crippen LogP contribution is -2.35. The van der Waals surface area contributed by atoms with E-state index in [1.165, 1.54) is 6.07 Å². The number of nitrogens with two attached hydrogens (primary N) is 1. The fraction of sp³-hybridized carbons (Fsp3) is 0.417. The number of rotatable bonds is 3. The molecule has 1 aromatic rings. The lowest BCUT2D eigenvalue weighted by molar-refractivity contribution is 0.0337. The third kappa shape index (κ3) is 2.96. The average Bonchev–Trinajstić information content (AvgIpc) is 2.41. The summed E-state index contributed by atoms with van der Waals surface area (Å²) in [7, 11) is 0. The number of oxime groups is 1. The minimum Gasteiger partial charge on any atom is -0.409 e. The van der Waals surface area contributed by atoms with Crippen LogP contribution in [0, 0.1) is 5.82 Å². The smallest absolute Gasteiger partial charge is 0.170 e. The van der Waals surface area contributed by atoms with Gasteiger partial charge >= 0.3 is 0 Å². The van der Waals surface area contributed by atoms with Gasteiger partial charge in [-0.2, -0.15) is 0 Å². The van der Waals surface area contributed by atoms with Crippen molar-refractivity contribution in [2.45, 2.75) is 6.54 Å². The Bertz CT molecular complexity index is 445. The molecule has 0 spiro atoms. The van der Waals surface area contributed by atoms with E-state index in [1.807, 2.05) is 0 Å². The lowest BCUT2D eigenvalue weighted by Gasteiger charge is -2.26. The summed E-state index contributed by atoms with van der Waals surface area (Å²) in [4.78, 5) is 2.13. The lowest BCUT2D eigenvalue weighted by atomic mass is 10.1. The van der Waals surface area contributed by atoms with Gasteiger partial charge in [0.1, 0.15) is 5.82 Å². The number of amidine groups is 1. The molecule has 1 aromatic carbocycles. The summed E-state index contributed by atoms with van der Waals surface area (Å²) in [5, 5.41) is 11.4. The summed E-state index contributed by atoms with van der Waals surface area (Å²) in [6, 6.07) is 4.59. The van der Waals surface area contributed by atoms with Crippen LogP contribution in [0.5, 0.6) is 0 Å². The van der Waals surface area contributed by atoms with Crippen molar-refractivity contribution in [3.8, 4) is 0 Å². The van der Waals surface area contributed by atoms with Crippen molar-refractivity contribution in [3.05, 3.63) is 35.1 Å². The highest BCUT2D eigenvalue weighted by molar-refractivity contribution is 5.97. The maximum Gasteiger partial charge on any atom is 0.170 e. The second-order valence-electron chi connectivity index (χ2n) is 4.18. The van der Waals surface area contributed by atoms with E-state index in [-0.39, 0.29) is 11.7 Å². The highest BCUT2D eigenvalue weighted by atomic mass is 19.1. The molecule has 98 valence electrons. The maximum absolute atomic E-state index is 13.9. The van der Waals surface area contributed by atoms with E-state index >= 15 is 0 Å². The molecule has 2 rings (SSSR count). The van der Waals surface area contributed by atoms with Crippen LogP contribution >= 0.6 is 0 Å². The molecule has 1 aliphatic rings. The molecule has 1 heterocycles. The fourth-order valence-electron chi connectivity index (χ4n) is 1.89. The molecule has 1 aliphatic heterocycles. The number of morpholine rings is 1. The van der Waals surface area contributed by atoms with Crippen LogP contribution in [0.1, 0.15) is 11.1 Å². The number of ether oxygens (including phenoxy) is 1. The van der Waals surface area contributed by atoms with Crippen molar-refractivity contribution >= 4 is 5.84 Å². The van der Waals surface area contributed by atoms with Crippen LogP contribution in [-0.2, 0) is 11.3 Å². The summed E-state index contributed by atoms with van der Waals surface area (Å²) in [6.45, 7) is 3.53. The van der Waals surface area contributed by atoms with Gasteiger partial charge in [-0.25, -0.2) is 4.39 Å². The van der Waals surface area contributed by atoms with E-state index in [9.17, 15) is 4.39 Å². The van der Waals surface area contributed by atoms with E-state index in [0.717, 1.165) is 13.1 Å². The zero-order valence-electron chi connectivity index (χ0n) is 9.97. The Kier molecular flexibility index (Phi) is 4.11. The molecule has 0 aromatic heterocycles. The first-order chi connectivity index (χ1) is 8.70. The topological polar surface area (TPSA) is 71.1 Å². The first-order valence-corrected chi connectivity index (χ1v) is 5.77. The molecule has 0 amide bonds. The Hall–Kier alpha value is -1.66. The highest BCUT2D eigenvalue weighted by Crippen LogP contribution is 2.13. The molecule has 1 saturated heterocycles. The third-order valence-corrected chi connectivity index (χ3v) is 2.95. The SMILES string of the molecule is N/C(=N\O)c1ccc(CN2CCOCC2)c(F)c1. The van der Waals surface area contributed by atoms with Crippen molar-refractivity contribution in [2.24, 2.45) is 10.9 Å². The number of nitrogens with zero attached hydrogens (tertiary/aromatic N) is 2. The molecule has 1 fully saturated rings. The monoisotopic (exact) mass is 253 g/mol. The van der Waals surface area contributed by atoms with Gasteiger partial charge in [-0.05, 0) is 6.07 Å². The fourth-order valence-corrected chi connectivity index (χ4v) is 1.89. The standard InChI is InChI=1S/C12H16FN3O2/c13-11-7-9(12(14)15-17)1-2-10(11)8-16-3-5-18-6-4-16/h1-2,7,17H,3-6,8H2,(H2,14,15). The number of hydrogen-bond donors (Lipinski definition) is 2. The van der Waals surface area contributed by atoms with Crippen molar-refractivity contribution in [3.63, 3.8) is 0 Å². The zero-order valence-corrected chi connectivity index (χ0v) is 9.97. The Morgan fingerprint density at radius 2 is 2.17 bits per heavy atom. The van der Waals surface area contributed by atoms with Gasteiger partial charge in [-0.3, -0.25) is 4.90 Å². The Morgan fingerprint density at radius 1 is 1.44 bits per heavy atom. The van der Waals surface area contributed by atoms with Gasteiger partial charge in [0, 0.05) is 30.8 Å². The van der Waals surface area contributed by atoms with E-state index in [0.29, 0.717) is 30.9 Å². The minimum atomic E-state index is -0.342. The molecule has 0 unspecified atom stereocenters. The summed E-state index contributed by atoms with van der Waals surface area (Å²) < 4.78 is 19.1. The molecular formula is C12H16FN3O2. The molecule has 3 N–H and O–H groups in total. The maximum atomic E-state index is 13.9. The zero-order chi connectivity index (χ0) is 13.0. The van der Waals surface area contributed by atoms with Gasteiger partial charge in [0.25, 0.3) is 0 Å². The summed E-state index contributed by atoms with van der Waals surface area (Å²) >= 11 is 0. The molecule has 0 atom stereocenters. The van der Waals surface area contributed by atoms with Crippen LogP contribution in [-0.4, -0.2) is 42.2 Å². The molecule has 5 nitrogen and oxygen atoms in total. The van der Waals surface area contributed by atoms with Gasteiger partial charge in [0.15, 0.2) is 5.84 Å². The first-order valence-electron chi connectivity index (χ1n) is 5.77. The molecule has 0 radical (unpaired) electrons.